The number of hydrogen-bond acceptors (Lipinski definition) is 1. The van der Waals surface area contributed by atoms with Crippen molar-refractivity contribution in [1.29, 1.82) is 0 Å². The Morgan fingerprint density at radius 3 is 2.23 bits per heavy atom. The van der Waals surface area contributed by atoms with Crippen LogP contribution in [0, 0.1) is 11.6 Å². The van der Waals surface area contributed by atoms with Gasteiger partial charge in [-0.3, -0.25) is 0 Å². The van der Waals surface area contributed by atoms with E-state index < -0.39 is 23.2 Å². The predicted molar refractivity (Wildman–Crippen MR) is 109 cm³/mol. The summed E-state index contributed by atoms with van der Waals surface area (Å²) in [6.07, 6.45) is 3.89. The topological polar surface area (TPSA) is 45.1 Å². The maximum absolute atomic E-state index is 15.7. The first-order valence-electron chi connectivity index (χ1n) is 9.46. The summed E-state index contributed by atoms with van der Waals surface area (Å²) in [6.45, 7) is 2.14. The number of aryl methyl sites for hydroxylation is 1. The van der Waals surface area contributed by atoms with Crippen LogP contribution in [0.2, 0.25) is 0 Å². The highest BCUT2D eigenvalue weighted by Gasteiger charge is 2.38. The molecule has 0 atom stereocenters. The Morgan fingerprint density at radius 1 is 1.03 bits per heavy atom. The van der Waals surface area contributed by atoms with Crippen LogP contribution in [0.5, 0.6) is 0 Å². The maximum Gasteiger partial charge on any atom is 0.341 e. The van der Waals surface area contributed by atoms with Crippen molar-refractivity contribution in [3.05, 3.63) is 76.6 Å². The molecule has 0 amide bonds. The Kier molecular flexibility index (Phi) is 5.12. The Morgan fingerprint density at radius 2 is 1.63 bits per heavy atom. The molecule has 0 bridgehead atoms. The molecule has 4 nitrogen and oxygen atoms in total. The number of fused-ring (bicyclic) bond motifs is 3. The molecule has 1 aliphatic rings. The largest absolute Gasteiger partial charge is 0.477 e. The van der Waals surface area contributed by atoms with Gasteiger partial charge < -0.3 is 5.11 Å². The molecule has 0 fully saturated rings. The van der Waals surface area contributed by atoms with Crippen LogP contribution in [0.15, 0.2) is 53.8 Å². The summed E-state index contributed by atoms with van der Waals surface area (Å²) in [5.41, 5.74) is 0.838. The second-order valence-electron chi connectivity index (χ2n) is 7.08. The van der Waals surface area contributed by atoms with Crippen LogP contribution in [0.1, 0.15) is 29.3 Å². The lowest BCUT2D eigenvalue weighted by atomic mass is 9.86. The number of allylic oxidation sites excluding steroid dienone is 2. The molecule has 0 saturated carbocycles. The first-order chi connectivity index (χ1) is 14.4. The fourth-order valence-corrected chi connectivity index (χ4v) is 4.39. The molecule has 3 aromatic rings. The van der Waals surface area contributed by atoms with E-state index in [4.69, 9.17) is 11.6 Å². The highest BCUT2D eigenvalue weighted by atomic mass is 35.5. The van der Waals surface area contributed by atoms with Gasteiger partial charge in [0, 0.05) is 29.8 Å². The van der Waals surface area contributed by atoms with E-state index in [1.54, 1.807) is 65.0 Å². The van der Waals surface area contributed by atoms with Gasteiger partial charge in [0.1, 0.15) is 12.6 Å². The van der Waals surface area contributed by atoms with Crippen molar-refractivity contribution in [1.82, 2.24) is 0 Å². The van der Waals surface area contributed by atoms with E-state index in [2.05, 4.69) is 0 Å². The number of carboxylic acids is 1. The van der Waals surface area contributed by atoms with E-state index >= 15 is 8.78 Å². The van der Waals surface area contributed by atoms with Crippen LogP contribution < -0.4 is 9.13 Å². The lowest BCUT2D eigenvalue weighted by molar-refractivity contribution is -0.676. The Hall–Kier alpha value is -3.12. The van der Waals surface area contributed by atoms with Crippen LogP contribution in [0.4, 0.5) is 8.78 Å². The van der Waals surface area contributed by atoms with E-state index in [1.807, 2.05) is 6.92 Å². The molecule has 0 saturated heterocycles. The van der Waals surface area contributed by atoms with Crippen molar-refractivity contribution in [3.8, 4) is 22.5 Å². The van der Waals surface area contributed by atoms with Crippen LogP contribution in [-0.2, 0) is 13.6 Å². The van der Waals surface area contributed by atoms with Crippen LogP contribution in [0.25, 0.3) is 28.1 Å². The van der Waals surface area contributed by atoms with Crippen LogP contribution in [-0.4, -0.2) is 11.1 Å². The molecular formula is C23H19ClF2N2O2+2. The van der Waals surface area contributed by atoms with Crippen LogP contribution >= 0.6 is 11.6 Å². The number of pyridine rings is 2. The molecule has 0 unspecified atom stereocenters. The molecule has 1 aromatic carbocycles. The van der Waals surface area contributed by atoms with Gasteiger partial charge in [-0.1, -0.05) is 18.5 Å². The zero-order valence-electron chi connectivity index (χ0n) is 16.4. The van der Waals surface area contributed by atoms with Gasteiger partial charge in [0.15, 0.2) is 30.6 Å². The normalized spacial score (nSPS) is 13.0. The Balaban J connectivity index is 2.30. The minimum atomic E-state index is -1.66. The number of benzene rings is 1. The average molecular weight is 429 g/mol. The first kappa shape index (κ1) is 20.2. The van der Waals surface area contributed by atoms with Gasteiger partial charge in [0.25, 0.3) is 0 Å². The summed E-state index contributed by atoms with van der Waals surface area (Å²) in [4.78, 5) is 11.9. The molecule has 0 radical (unpaired) electrons. The second kappa shape index (κ2) is 7.61. The third kappa shape index (κ3) is 2.99. The first-order valence-corrected chi connectivity index (χ1v) is 9.84. The standard InChI is InChI=1S/C23H18ClF2N2O2/c1-3-13-14(24)12-28-11-7-5-9-16(28)19-17(13)18(15-8-4-6-10-27(15)2)21(25)20(22(19)26)23(29)30/h4-11H,3,12H2,1-2H3/q+1/p+1. The molecule has 7 heteroatoms. The molecule has 1 aliphatic heterocycles. The summed E-state index contributed by atoms with van der Waals surface area (Å²) >= 11 is 6.64. The minimum absolute atomic E-state index is 0.0270. The Bertz CT molecular complexity index is 1240. The van der Waals surface area contributed by atoms with Crippen LogP contribution in [0.3, 0.4) is 0 Å². The number of aromatic carboxylic acids is 1. The highest BCUT2D eigenvalue weighted by Crippen LogP contribution is 2.44. The predicted octanol–water partition coefficient (Wildman–Crippen LogP) is 4.48. The van der Waals surface area contributed by atoms with Gasteiger partial charge >= 0.3 is 5.97 Å². The Labute approximate surface area is 177 Å². The van der Waals surface area contributed by atoms with Crippen molar-refractivity contribution < 1.29 is 27.8 Å². The molecule has 152 valence electrons. The molecule has 2 aromatic heterocycles. The summed E-state index contributed by atoms with van der Waals surface area (Å²) in [5.74, 6) is -3.87. The SMILES string of the molecule is CCC1=C(Cl)C[n+]2ccccc2-c2c(F)c(C(=O)O)c(F)c(-c3cccc[n+]3C)c21. The van der Waals surface area contributed by atoms with Crippen molar-refractivity contribution in [3.63, 3.8) is 0 Å². The molecule has 1 N–H and O–H groups in total. The zero-order valence-corrected chi connectivity index (χ0v) is 17.2. The third-order valence-electron chi connectivity index (χ3n) is 5.39. The van der Waals surface area contributed by atoms with E-state index in [-0.39, 0.29) is 17.7 Å². The lowest BCUT2D eigenvalue weighted by Gasteiger charge is -2.17. The van der Waals surface area contributed by atoms with Crippen molar-refractivity contribution in [2.75, 3.05) is 0 Å². The number of carboxylic acid groups (broad SMARTS) is 1. The number of rotatable bonds is 3. The third-order valence-corrected chi connectivity index (χ3v) is 5.74. The van der Waals surface area contributed by atoms with Gasteiger partial charge in [-0.25, -0.2) is 18.1 Å². The molecule has 0 spiro atoms. The smallest absolute Gasteiger partial charge is 0.341 e. The van der Waals surface area contributed by atoms with Crippen molar-refractivity contribution >= 4 is 23.1 Å². The second-order valence-corrected chi connectivity index (χ2v) is 7.54. The minimum Gasteiger partial charge on any atom is -0.477 e. The van der Waals surface area contributed by atoms with Gasteiger partial charge in [0.05, 0.1) is 16.2 Å². The van der Waals surface area contributed by atoms with Gasteiger partial charge in [0.2, 0.25) is 11.4 Å². The summed E-state index contributed by atoms with van der Waals surface area (Å²) < 4.78 is 34.7. The van der Waals surface area contributed by atoms with E-state index in [9.17, 15) is 9.90 Å². The molecule has 0 aliphatic carbocycles. The summed E-state index contributed by atoms with van der Waals surface area (Å²) in [6, 6.07) is 10.4. The van der Waals surface area contributed by atoms with Crippen molar-refractivity contribution in [2.24, 2.45) is 7.05 Å². The molecular weight excluding hydrogens is 410 g/mol. The monoisotopic (exact) mass is 428 g/mol. The zero-order chi connectivity index (χ0) is 21.6. The quantitative estimate of drug-likeness (QED) is 0.625. The maximum atomic E-state index is 15.7. The number of halogens is 3. The summed E-state index contributed by atoms with van der Waals surface area (Å²) in [5, 5.41) is 10.1. The van der Waals surface area contributed by atoms with Gasteiger partial charge in [-0.05, 0) is 24.1 Å². The number of hydrogen-bond donors (Lipinski definition) is 1. The summed E-state index contributed by atoms with van der Waals surface area (Å²) in [7, 11) is 1.72. The molecule has 3 heterocycles. The number of nitrogens with zero attached hydrogens (tertiary/aromatic N) is 2. The molecule has 30 heavy (non-hydrogen) atoms. The average Bonchev–Trinajstić information content (AvgIpc) is 2.82. The fraction of sp³-hybridized carbons (Fsp3) is 0.174. The fourth-order valence-electron chi connectivity index (χ4n) is 4.03. The molecule has 4 rings (SSSR count). The van der Waals surface area contributed by atoms with Crippen molar-refractivity contribution in [2.45, 2.75) is 19.9 Å². The van der Waals surface area contributed by atoms with Gasteiger partial charge in [-0.15, -0.1) is 0 Å². The van der Waals surface area contributed by atoms with E-state index in [1.165, 1.54) is 0 Å². The number of aromatic nitrogens is 2. The lowest BCUT2D eigenvalue weighted by Crippen LogP contribution is -2.35. The number of carbonyl (C=O) groups is 1. The highest BCUT2D eigenvalue weighted by molar-refractivity contribution is 6.33. The van der Waals surface area contributed by atoms with Gasteiger partial charge in [-0.2, -0.15) is 4.57 Å². The van der Waals surface area contributed by atoms with E-state index in [0.717, 1.165) is 0 Å². The van der Waals surface area contributed by atoms with E-state index in [0.29, 0.717) is 34.0 Å².